The molecule has 0 saturated carbocycles. The first-order valence-electron chi connectivity index (χ1n) is 6.83. The fourth-order valence-corrected chi connectivity index (χ4v) is 2.40. The van der Waals surface area contributed by atoms with Gasteiger partial charge < -0.3 is 4.74 Å². The Hall–Kier alpha value is -2.86. The van der Waals surface area contributed by atoms with Crippen molar-refractivity contribution in [2.45, 2.75) is 6.54 Å². The molecule has 0 aliphatic rings. The van der Waals surface area contributed by atoms with E-state index in [1.165, 1.54) is 5.56 Å². The molecule has 0 N–H and O–H groups in total. The quantitative estimate of drug-likeness (QED) is 0.686. The number of nitrogens with zero attached hydrogens (tertiary/aromatic N) is 2. The summed E-state index contributed by atoms with van der Waals surface area (Å²) in [6.45, 7) is 0.759. The molecule has 0 fully saturated rings. The molecular weight excluding hydrogens is 260 g/mol. The third kappa shape index (κ3) is 2.85. The molecule has 3 rings (SSSR count). The van der Waals surface area contributed by atoms with E-state index in [1.54, 1.807) is 0 Å². The predicted octanol–water partition coefficient (Wildman–Crippen LogP) is 3.08. The Balaban J connectivity index is 2.06. The molecular formula is C18H15N2O+. The van der Waals surface area contributed by atoms with Crippen molar-refractivity contribution in [1.82, 2.24) is 0 Å². The highest BCUT2D eigenvalue weighted by molar-refractivity contribution is 5.85. The molecule has 0 bridgehead atoms. The van der Waals surface area contributed by atoms with Crippen molar-refractivity contribution in [2.75, 3.05) is 6.61 Å². The predicted molar refractivity (Wildman–Crippen MR) is 80.8 cm³/mol. The largest absolute Gasteiger partial charge is 0.428 e. The van der Waals surface area contributed by atoms with Crippen LogP contribution in [-0.4, -0.2) is 6.61 Å². The Morgan fingerprint density at radius 3 is 2.52 bits per heavy atom. The minimum atomic E-state index is 0.0444. The average Bonchev–Trinajstić information content (AvgIpc) is 2.55. The number of pyridine rings is 1. The molecule has 0 saturated heterocycles. The number of benzene rings is 2. The molecule has 3 heteroatoms. The van der Waals surface area contributed by atoms with Gasteiger partial charge in [0.15, 0.2) is 19.3 Å². The summed E-state index contributed by atoms with van der Waals surface area (Å²) in [5.74, 6) is 0.735. The van der Waals surface area contributed by atoms with Gasteiger partial charge in [-0.3, -0.25) is 0 Å². The molecule has 0 atom stereocenters. The summed E-state index contributed by atoms with van der Waals surface area (Å²) < 4.78 is 7.71. The maximum Gasteiger partial charge on any atom is 0.377 e. The average molecular weight is 275 g/mol. The lowest BCUT2D eigenvalue weighted by Crippen LogP contribution is -2.36. The lowest BCUT2D eigenvalue weighted by Gasteiger charge is -2.07. The van der Waals surface area contributed by atoms with Gasteiger partial charge in [0.05, 0.1) is 5.39 Å². The van der Waals surface area contributed by atoms with Crippen LogP contribution in [0.1, 0.15) is 5.56 Å². The minimum absolute atomic E-state index is 0.0444. The SMILES string of the molecule is N#CCOc1c2ccccc2cc[n+]1Cc1ccccc1. The van der Waals surface area contributed by atoms with E-state index in [4.69, 9.17) is 10.00 Å². The van der Waals surface area contributed by atoms with Crippen molar-refractivity contribution in [2.24, 2.45) is 0 Å². The number of hydrogen-bond donors (Lipinski definition) is 0. The summed E-state index contributed by atoms with van der Waals surface area (Å²) in [5.41, 5.74) is 1.19. The number of rotatable bonds is 4. The van der Waals surface area contributed by atoms with Crippen molar-refractivity contribution in [3.05, 3.63) is 72.4 Å². The highest BCUT2D eigenvalue weighted by atomic mass is 16.5. The van der Waals surface area contributed by atoms with E-state index in [-0.39, 0.29) is 6.61 Å². The molecule has 3 aromatic rings. The third-order valence-electron chi connectivity index (χ3n) is 3.36. The third-order valence-corrected chi connectivity index (χ3v) is 3.36. The lowest BCUT2D eigenvalue weighted by atomic mass is 10.1. The van der Waals surface area contributed by atoms with Crippen LogP contribution >= 0.6 is 0 Å². The van der Waals surface area contributed by atoms with Crippen LogP contribution in [0.25, 0.3) is 10.8 Å². The fourth-order valence-electron chi connectivity index (χ4n) is 2.40. The lowest BCUT2D eigenvalue weighted by molar-refractivity contribution is -0.692. The van der Waals surface area contributed by atoms with Crippen molar-refractivity contribution in [3.63, 3.8) is 0 Å². The molecule has 0 unspecified atom stereocenters. The molecule has 0 amide bonds. The number of hydrogen-bond acceptors (Lipinski definition) is 2. The standard InChI is InChI=1S/C18H15N2O/c19-11-13-21-18-17-9-5-4-8-16(17)10-12-20(18)14-15-6-2-1-3-7-15/h1-10,12H,13-14H2/q+1. The fraction of sp³-hybridized carbons (Fsp3) is 0.111. The molecule has 1 aromatic heterocycles. The topological polar surface area (TPSA) is 36.9 Å². The number of fused-ring (bicyclic) bond motifs is 1. The number of nitriles is 1. The van der Waals surface area contributed by atoms with Crippen molar-refractivity contribution in [1.29, 1.82) is 5.26 Å². The van der Waals surface area contributed by atoms with Gasteiger partial charge in [-0.1, -0.05) is 48.5 Å². The van der Waals surface area contributed by atoms with Gasteiger partial charge in [-0.2, -0.15) is 9.83 Å². The molecule has 0 aliphatic carbocycles. The van der Waals surface area contributed by atoms with Gasteiger partial charge in [0.25, 0.3) is 0 Å². The van der Waals surface area contributed by atoms with E-state index in [0.717, 1.165) is 16.7 Å². The van der Waals surface area contributed by atoms with E-state index >= 15 is 0 Å². The van der Waals surface area contributed by atoms with E-state index in [2.05, 4.69) is 18.2 Å². The summed E-state index contributed by atoms with van der Waals surface area (Å²) >= 11 is 0. The maximum atomic E-state index is 8.80. The van der Waals surface area contributed by atoms with E-state index in [1.807, 2.05) is 59.3 Å². The highest BCUT2D eigenvalue weighted by Crippen LogP contribution is 2.21. The highest BCUT2D eigenvalue weighted by Gasteiger charge is 2.17. The van der Waals surface area contributed by atoms with Crippen LogP contribution in [0.4, 0.5) is 0 Å². The Labute approximate surface area is 123 Å². The zero-order valence-corrected chi connectivity index (χ0v) is 11.6. The summed E-state index contributed by atoms with van der Waals surface area (Å²) in [6, 6.07) is 22.3. The van der Waals surface area contributed by atoms with Crippen LogP contribution in [0.15, 0.2) is 66.9 Å². The zero-order chi connectivity index (χ0) is 14.5. The Morgan fingerprint density at radius 2 is 1.71 bits per heavy atom. The minimum Gasteiger partial charge on any atom is -0.428 e. The first-order chi connectivity index (χ1) is 10.4. The van der Waals surface area contributed by atoms with E-state index < -0.39 is 0 Å². The van der Waals surface area contributed by atoms with Crippen molar-refractivity contribution in [3.8, 4) is 11.9 Å². The molecule has 1 heterocycles. The smallest absolute Gasteiger partial charge is 0.377 e. The Bertz CT molecular complexity index is 791. The normalized spacial score (nSPS) is 10.2. The van der Waals surface area contributed by atoms with Gasteiger partial charge in [0.2, 0.25) is 0 Å². The van der Waals surface area contributed by atoms with Gasteiger partial charge in [-0.05, 0) is 11.5 Å². The number of ether oxygens (including phenoxy) is 1. The molecule has 0 radical (unpaired) electrons. The van der Waals surface area contributed by atoms with Crippen LogP contribution in [0, 0.1) is 11.3 Å². The summed E-state index contributed by atoms with van der Waals surface area (Å²) in [5, 5.41) is 10.9. The maximum absolute atomic E-state index is 8.80. The van der Waals surface area contributed by atoms with Gasteiger partial charge in [0.1, 0.15) is 6.07 Å². The molecule has 21 heavy (non-hydrogen) atoms. The monoisotopic (exact) mass is 275 g/mol. The van der Waals surface area contributed by atoms with Gasteiger partial charge in [-0.15, -0.1) is 0 Å². The molecule has 0 spiro atoms. The van der Waals surface area contributed by atoms with E-state index in [0.29, 0.717) is 6.54 Å². The molecule has 2 aromatic carbocycles. The molecule has 3 nitrogen and oxygen atoms in total. The summed E-state index contributed by atoms with van der Waals surface area (Å²) in [7, 11) is 0. The molecule has 102 valence electrons. The van der Waals surface area contributed by atoms with Crippen LogP contribution in [0.3, 0.4) is 0 Å². The van der Waals surface area contributed by atoms with Crippen LogP contribution < -0.4 is 9.30 Å². The zero-order valence-electron chi connectivity index (χ0n) is 11.6. The second-order valence-corrected chi connectivity index (χ2v) is 4.77. The summed E-state index contributed by atoms with van der Waals surface area (Å²) in [4.78, 5) is 0. The van der Waals surface area contributed by atoms with Gasteiger partial charge >= 0.3 is 5.88 Å². The van der Waals surface area contributed by atoms with Gasteiger partial charge in [-0.25, -0.2) is 0 Å². The Kier molecular flexibility index (Phi) is 3.79. The van der Waals surface area contributed by atoms with Crippen molar-refractivity contribution < 1.29 is 9.30 Å². The first-order valence-corrected chi connectivity index (χ1v) is 6.83. The van der Waals surface area contributed by atoms with Crippen molar-refractivity contribution >= 4 is 10.8 Å². The first kappa shape index (κ1) is 13.1. The van der Waals surface area contributed by atoms with Crippen LogP contribution in [0.2, 0.25) is 0 Å². The van der Waals surface area contributed by atoms with Crippen LogP contribution in [-0.2, 0) is 6.54 Å². The molecule has 0 aliphatic heterocycles. The van der Waals surface area contributed by atoms with Gasteiger partial charge in [0, 0.05) is 11.6 Å². The Morgan fingerprint density at radius 1 is 0.952 bits per heavy atom. The number of aromatic nitrogens is 1. The van der Waals surface area contributed by atoms with E-state index in [9.17, 15) is 0 Å². The summed E-state index contributed by atoms with van der Waals surface area (Å²) in [6.07, 6.45) is 2.00. The second kappa shape index (κ2) is 6.06. The van der Waals surface area contributed by atoms with Crippen LogP contribution in [0.5, 0.6) is 5.88 Å². The second-order valence-electron chi connectivity index (χ2n) is 4.77.